The molecule has 0 saturated carbocycles. The summed E-state index contributed by atoms with van der Waals surface area (Å²) in [5.41, 5.74) is 1.47. The number of aliphatic hydroxyl groups excluding tert-OH is 1. The molecule has 0 unspecified atom stereocenters. The smallest absolute Gasteiger partial charge is 0.253 e. The summed E-state index contributed by atoms with van der Waals surface area (Å²) in [7, 11) is 1.81. The predicted octanol–water partition coefficient (Wildman–Crippen LogP) is 0.936. The number of benzene rings is 1. The first kappa shape index (κ1) is 14.2. The van der Waals surface area contributed by atoms with Crippen LogP contribution in [-0.4, -0.2) is 50.4 Å². The molecular weight excluding hydrogens is 256 g/mol. The van der Waals surface area contributed by atoms with Gasteiger partial charge < -0.3 is 10.0 Å². The Morgan fingerprint density at radius 2 is 2.05 bits per heavy atom. The van der Waals surface area contributed by atoms with Crippen LogP contribution in [0.15, 0.2) is 30.6 Å². The zero-order chi connectivity index (χ0) is 14.5. The van der Waals surface area contributed by atoms with Gasteiger partial charge in [0.25, 0.3) is 5.91 Å². The molecule has 0 bridgehead atoms. The summed E-state index contributed by atoms with van der Waals surface area (Å²) in [5.74, 6) is 0.552. The number of aliphatic hydroxyl groups is 1. The summed E-state index contributed by atoms with van der Waals surface area (Å²) in [5, 5.41) is 13.2. The topological polar surface area (TPSA) is 71.2 Å². The summed E-state index contributed by atoms with van der Waals surface area (Å²) in [6, 6.07) is 7.17. The molecule has 6 heteroatoms. The number of hydrogen-bond donors (Lipinski definition) is 1. The second kappa shape index (κ2) is 6.29. The third-order valence-electron chi connectivity index (χ3n) is 3.03. The Bertz CT molecular complexity index is 577. The van der Waals surface area contributed by atoms with E-state index < -0.39 is 0 Å². The van der Waals surface area contributed by atoms with Crippen LogP contribution in [0.2, 0.25) is 0 Å². The molecule has 0 saturated heterocycles. The van der Waals surface area contributed by atoms with Crippen LogP contribution in [0, 0.1) is 0 Å². The van der Waals surface area contributed by atoms with Crippen molar-refractivity contribution in [2.24, 2.45) is 7.05 Å². The van der Waals surface area contributed by atoms with Gasteiger partial charge in [0.1, 0.15) is 6.33 Å². The third kappa shape index (κ3) is 3.03. The minimum Gasteiger partial charge on any atom is -0.395 e. The van der Waals surface area contributed by atoms with Gasteiger partial charge in [0.15, 0.2) is 5.82 Å². The molecule has 0 spiro atoms. The molecular formula is C14H18N4O2. The van der Waals surface area contributed by atoms with Crippen molar-refractivity contribution >= 4 is 5.91 Å². The van der Waals surface area contributed by atoms with Gasteiger partial charge in [-0.3, -0.25) is 9.48 Å². The first-order valence-corrected chi connectivity index (χ1v) is 6.52. The van der Waals surface area contributed by atoms with E-state index in [1.165, 1.54) is 0 Å². The lowest BCUT2D eigenvalue weighted by atomic mass is 10.1. The average molecular weight is 274 g/mol. The van der Waals surface area contributed by atoms with Crippen LogP contribution in [0.5, 0.6) is 0 Å². The molecule has 1 heterocycles. The fraction of sp³-hybridized carbons (Fsp3) is 0.357. The lowest BCUT2D eigenvalue weighted by Gasteiger charge is -2.19. The molecule has 106 valence electrons. The van der Waals surface area contributed by atoms with Crippen LogP contribution >= 0.6 is 0 Å². The molecule has 0 aliphatic carbocycles. The van der Waals surface area contributed by atoms with E-state index in [2.05, 4.69) is 10.1 Å². The molecule has 1 aromatic heterocycles. The highest BCUT2D eigenvalue weighted by Crippen LogP contribution is 2.16. The molecule has 1 amide bonds. The summed E-state index contributed by atoms with van der Waals surface area (Å²) >= 11 is 0. The van der Waals surface area contributed by atoms with Crippen LogP contribution in [-0.2, 0) is 7.05 Å². The van der Waals surface area contributed by atoms with Crippen LogP contribution in [0.1, 0.15) is 17.3 Å². The highest BCUT2D eigenvalue weighted by molar-refractivity contribution is 5.94. The number of carbonyl (C=O) groups excluding carboxylic acids is 1. The molecule has 0 radical (unpaired) electrons. The number of nitrogens with zero attached hydrogens (tertiary/aromatic N) is 4. The van der Waals surface area contributed by atoms with E-state index >= 15 is 0 Å². The van der Waals surface area contributed by atoms with Gasteiger partial charge in [-0.15, -0.1) is 0 Å². The molecule has 20 heavy (non-hydrogen) atoms. The fourth-order valence-electron chi connectivity index (χ4n) is 1.94. The molecule has 0 fully saturated rings. The monoisotopic (exact) mass is 274 g/mol. The maximum absolute atomic E-state index is 12.2. The quantitative estimate of drug-likeness (QED) is 0.880. The zero-order valence-electron chi connectivity index (χ0n) is 11.7. The Balaban J connectivity index is 2.17. The van der Waals surface area contributed by atoms with Gasteiger partial charge in [0.2, 0.25) is 0 Å². The maximum atomic E-state index is 12.2. The van der Waals surface area contributed by atoms with Crippen molar-refractivity contribution in [3.63, 3.8) is 0 Å². The van der Waals surface area contributed by atoms with E-state index in [1.54, 1.807) is 28.0 Å². The second-order valence-electron chi connectivity index (χ2n) is 4.43. The number of aromatic nitrogens is 3. The summed E-state index contributed by atoms with van der Waals surface area (Å²) in [4.78, 5) is 18.0. The lowest BCUT2D eigenvalue weighted by Crippen LogP contribution is -2.33. The van der Waals surface area contributed by atoms with Crippen LogP contribution in [0.4, 0.5) is 0 Å². The normalized spacial score (nSPS) is 10.6. The van der Waals surface area contributed by atoms with E-state index in [0.717, 1.165) is 5.56 Å². The molecule has 0 aliphatic heterocycles. The largest absolute Gasteiger partial charge is 0.395 e. The van der Waals surface area contributed by atoms with Crippen molar-refractivity contribution in [3.8, 4) is 11.4 Å². The first-order valence-electron chi connectivity index (χ1n) is 6.52. The minimum atomic E-state index is -0.0814. The van der Waals surface area contributed by atoms with Gasteiger partial charge in [-0.25, -0.2) is 4.98 Å². The number of hydrogen-bond acceptors (Lipinski definition) is 4. The van der Waals surface area contributed by atoms with E-state index in [1.807, 2.05) is 26.1 Å². The van der Waals surface area contributed by atoms with Gasteiger partial charge in [-0.1, -0.05) is 12.1 Å². The fourth-order valence-corrected chi connectivity index (χ4v) is 1.94. The highest BCUT2D eigenvalue weighted by Gasteiger charge is 2.13. The van der Waals surface area contributed by atoms with Crippen molar-refractivity contribution in [1.29, 1.82) is 0 Å². The van der Waals surface area contributed by atoms with E-state index in [-0.39, 0.29) is 12.5 Å². The summed E-state index contributed by atoms with van der Waals surface area (Å²) in [6.45, 7) is 2.77. The molecule has 1 aromatic carbocycles. The number of amides is 1. The molecule has 1 N–H and O–H groups in total. The van der Waals surface area contributed by atoms with E-state index in [4.69, 9.17) is 5.11 Å². The van der Waals surface area contributed by atoms with Crippen molar-refractivity contribution < 1.29 is 9.90 Å². The Labute approximate surface area is 117 Å². The van der Waals surface area contributed by atoms with Crippen molar-refractivity contribution in [2.45, 2.75) is 6.92 Å². The number of likely N-dealkylation sites (N-methyl/N-ethyl adjacent to an activating group) is 1. The van der Waals surface area contributed by atoms with Crippen molar-refractivity contribution in [1.82, 2.24) is 19.7 Å². The highest BCUT2D eigenvalue weighted by atomic mass is 16.3. The number of aryl methyl sites for hydroxylation is 1. The molecule has 6 nitrogen and oxygen atoms in total. The SMILES string of the molecule is CCN(CCO)C(=O)c1ccc(-c2ncn(C)n2)cc1. The van der Waals surface area contributed by atoms with Gasteiger partial charge in [-0.2, -0.15) is 5.10 Å². The third-order valence-corrected chi connectivity index (χ3v) is 3.03. The van der Waals surface area contributed by atoms with E-state index in [0.29, 0.717) is 24.5 Å². The van der Waals surface area contributed by atoms with Gasteiger partial charge in [0, 0.05) is 31.3 Å². The van der Waals surface area contributed by atoms with Crippen molar-refractivity contribution in [2.75, 3.05) is 19.7 Å². The van der Waals surface area contributed by atoms with Gasteiger partial charge in [-0.05, 0) is 19.1 Å². The summed E-state index contributed by atoms with van der Waals surface area (Å²) < 4.78 is 1.63. The second-order valence-corrected chi connectivity index (χ2v) is 4.43. The standard InChI is InChI=1S/C14H18N4O2/c1-3-18(8-9-19)14(20)12-6-4-11(5-7-12)13-15-10-17(2)16-13/h4-7,10,19H,3,8-9H2,1-2H3. The number of rotatable bonds is 5. The minimum absolute atomic E-state index is 0.0322. The lowest BCUT2D eigenvalue weighted by molar-refractivity contribution is 0.0732. The molecule has 0 aliphatic rings. The predicted molar refractivity (Wildman–Crippen MR) is 75.1 cm³/mol. The zero-order valence-corrected chi connectivity index (χ0v) is 11.7. The van der Waals surface area contributed by atoms with E-state index in [9.17, 15) is 4.79 Å². The number of carbonyl (C=O) groups is 1. The Morgan fingerprint density at radius 1 is 1.35 bits per heavy atom. The average Bonchev–Trinajstić information content (AvgIpc) is 2.91. The van der Waals surface area contributed by atoms with Crippen LogP contribution in [0.3, 0.4) is 0 Å². The van der Waals surface area contributed by atoms with Gasteiger partial charge in [0.05, 0.1) is 6.61 Å². The Hall–Kier alpha value is -2.21. The van der Waals surface area contributed by atoms with Crippen molar-refractivity contribution in [3.05, 3.63) is 36.2 Å². The molecule has 0 atom stereocenters. The van der Waals surface area contributed by atoms with Gasteiger partial charge >= 0.3 is 0 Å². The van der Waals surface area contributed by atoms with Crippen LogP contribution < -0.4 is 0 Å². The Kier molecular flexibility index (Phi) is 4.47. The molecule has 2 aromatic rings. The van der Waals surface area contributed by atoms with Crippen LogP contribution in [0.25, 0.3) is 11.4 Å². The Morgan fingerprint density at radius 3 is 2.55 bits per heavy atom. The first-order chi connectivity index (χ1) is 9.65. The summed E-state index contributed by atoms with van der Waals surface area (Å²) in [6.07, 6.45) is 1.63. The maximum Gasteiger partial charge on any atom is 0.253 e. The molecule has 2 rings (SSSR count).